The van der Waals surface area contributed by atoms with Gasteiger partial charge in [0, 0.05) is 6.42 Å². The predicted molar refractivity (Wildman–Crippen MR) is 73.7 cm³/mol. The molecule has 1 unspecified atom stereocenters. The Labute approximate surface area is 109 Å². The molecule has 3 rings (SSSR count). The zero-order valence-corrected chi connectivity index (χ0v) is 10.9. The van der Waals surface area contributed by atoms with Gasteiger partial charge in [-0.25, -0.2) is 4.98 Å². The summed E-state index contributed by atoms with van der Waals surface area (Å²) in [5.41, 5.74) is 7.18. The minimum Gasteiger partial charge on any atom is -0.465 e. The lowest BCUT2D eigenvalue weighted by atomic mass is 10.2. The zero-order valence-electron chi connectivity index (χ0n) is 10.1. The van der Waals surface area contributed by atoms with Crippen LogP contribution in [0.2, 0.25) is 0 Å². The highest BCUT2D eigenvalue weighted by Gasteiger charge is 2.13. The molecule has 18 heavy (non-hydrogen) atoms. The van der Waals surface area contributed by atoms with E-state index in [4.69, 9.17) is 10.2 Å². The van der Waals surface area contributed by atoms with Gasteiger partial charge in [-0.3, -0.25) is 0 Å². The fourth-order valence-corrected chi connectivity index (χ4v) is 2.97. The maximum Gasteiger partial charge on any atom is 0.121 e. The first kappa shape index (κ1) is 11.4. The smallest absolute Gasteiger partial charge is 0.121 e. The molecule has 0 bridgehead atoms. The third-order valence-corrected chi connectivity index (χ3v) is 3.92. The number of thiazole rings is 1. The van der Waals surface area contributed by atoms with Crippen molar-refractivity contribution < 1.29 is 4.42 Å². The maximum absolute atomic E-state index is 6.14. The lowest BCUT2D eigenvalue weighted by Crippen LogP contribution is -2.12. The molecule has 3 aromatic rings. The standard InChI is InChI=1S/C14H14N2OS/c1-9-6-7-12(17-9)10(15)8-14-16-11-4-2-3-5-13(11)18-14/h2-7,10H,8,15H2,1H3. The van der Waals surface area contributed by atoms with E-state index < -0.39 is 0 Å². The second kappa shape index (κ2) is 4.55. The Morgan fingerprint density at radius 2 is 2.11 bits per heavy atom. The van der Waals surface area contributed by atoms with E-state index in [-0.39, 0.29) is 6.04 Å². The summed E-state index contributed by atoms with van der Waals surface area (Å²) in [4.78, 5) is 4.58. The summed E-state index contributed by atoms with van der Waals surface area (Å²) >= 11 is 1.69. The molecule has 0 radical (unpaired) electrons. The molecular weight excluding hydrogens is 244 g/mol. The first-order chi connectivity index (χ1) is 8.72. The van der Waals surface area contributed by atoms with Crippen LogP contribution in [0.15, 0.2) is 40.8 Å². The lowest BCUT2D eigenvalue weighted by molar-refractivity contribution is 0.444. The normalized spacial score (nSPS) is 13.0. The second-order valence-electron chi connectivity index (χ2n) is 4.33. The van der Waals surface area contributed by atoms with E-state index in [1.807, 2.05) is 37.3 Å². The van der Waals surface area contributed by atoms with Crippen molar-refractivity contribution in [3.63, 3.8) is 0 Å². The van der Waals surface area contributed by atoms with Gasteiger partial charge in [-0.1, -0.05) is 12.1 Å². The quantitative estimate of drug-likeness (QED) is 0.783. The molecule has 2 N–H and O–H groups in total. The van der Waals surface area contributed by atoms with Crippen LogP contribution < -0.4 is 5.73 Å². The molecule has 0 saturated carbocycles. The lowest BCUT2D eigenvalue weighted by Gasteiger charge is -2.05. The fourth-order valence-electron chi connectivity index (χ4n) is 1.95. The number of hydrogen-bond acceptors (Lipinski definition) is 4. The highest BCUT2D eigenvalue weighted by Crippen LogP contribution is 2.25. The van der Waals surface area contributed by atoms with Gasteiger partial charge in [-0.05, 0) is 31.2 Å². The Hall–Kier alpha value is -1.65. The van der Waals surface area contributed by atoms with Crippen molar-refractivity contribution in [2.24, 2.45) is 5.73 Å². The number of aryl methyl sites for hydroxylation is 1. The summed E-state index contributed by atoms with van der Waals surface area (Å²) < 4.78 is 6.75. The molecule has 0 fully saturated rings. The van der Waals surface area contributed by atoms with E-state index in [9.17, 15) is 0 Å². The molecule has 3 nitrogen and oxygen atoms in total. The Balaban J connectivity index is 1.83. The van der Waals surface area contributed by atoms with E-state index in [1.165, 1.54) is 4.70 Å². The highest BCUT2D eigenvalue weighted by atomic mass is 32.1. The van der Waals surface area contributed by atoms with Gasteiger partial charge >= 0.3 is 0 Å². The molecule has 92 valence electrons. The number of furan rings is 1. The van der Waals surface area contributed by atoms with Crippen molar-refractivity contribution in [3.8, 4) is 0 Å². The topological polar surface area (TPSA) is 52.0 Å². The summed E-state index contributed by atoms with van der Waals surface area (Å²) in [6.45, 7) is 1.92. The van der Waals surface area contributed by atoms with Gasteiger partial charge in [0.15, 0.2) is 0 Å². The molecule has 0 saturated heterocycles. The van der Waals surface area contributed by atoms with Crippen LogP contribution in [0.25, 0.3) is 10.2 Å². The van der Waals surface area contributed by atoms with Crippen LogP contribution in [0.5, 0.6) is 0 Å². The summed E-state index contributed by atoms with van der Waals surface area (Å²) in [6, 6.07) is 11.9. The van der Waals surface area contributed by atoms with E-state index in [0.29, 0.717) is 6.42 Å². The van der Waals surface area contributed by atoms with Gasteiger partial charge in [0.2, 0.25) is 0 Å². The van der Waals surface area contributed by atoms with E-state index in [2.05, 4.69) is 11.1 Å². The van der Waals surface area contributed by atoms with Crippen molar-refractivity contribution in [2.45, 2.75) is 19.4 Å². The summed E-state index contributed by atoms with van der Waals surface area (Å²) in [5.74, 6) is 1.72. The summed E-state index contributed by atoms with van der Waals surface area (Å²) in [5, 5.41) is 1.05. The number of rotatable bonds is 3. The van der Waals surface area contributed by atoms with Crippen molar-refractivity contribution in [2.75, 3.05) is 0 Å². The Bertz CT molecular complexity index is 638. The maximum atomic E-state index is 6.14. The van der Waals surface area contributed by atoms with E-state index in [0.717, 1.165) is 22.0 Å². The molecule has 0 amide bonds. The molecule has 1 atom stereocenters. The number of nitrogens with zero attached hydrogens (tertiary/aromatic N) is 1. The average Bonchev–Trinajstić information content (AvgIpc) is 2.94. The van der Waals surface area contributed by atoms with Crippen LogP contribution in [-0.2, 0) is 6.42 Å². The van der Waals surface area contributed by atoms with Crippen LogP contribution in [0.4, 0.5) is 0 Å². The zero-order chi connectivity index (χ0) is 12.5. The van der Waals surface area contributed by atoms with Crippen molar-refractivity contribution in [1.29, 1.82) is 0 Å². The van der Waals surface area contributed by atoms with Crippen LogP contribution in [0.3, 0.4) is 0 Å². The van der Waals surface area contributed by atoms with E-state index >= 15 is 0 Å². The molecule has 0 spiro atoms. The van der Waals surface area contributed by atoms with Crippen molar-refractivity contribution >= 4 is 21.6 Å². The molecule has 2 heterocycles. The molecule has 2 aromatic heterocycles. The summed E-state index contributed by atoms with van der Waals surface area (Å²) in [7, 11) is 0. The van der Waals surface area contributed by atoms with Gasteiger partial charge < -0.3 is 10.2 Å². The molecule has 4 heteroatoms. The number of nitrogens with two attached hydrogens (primary N) is 1. The van der Waals surface area contributed by atoms with Crippen molar-refractivity contribution in [1.82, 2.24) is 4.98 Å². The van der Waals surface area contributed by atoms with Gasteiger partial charge in [0.25, 0.3) is 0 Å². The van der Waals surface area contributed by atoms with Crippen LogP contribution in [0, 0.1) is 6.92 Å². The second-order valence-corrected chi connectivity index (χ2v) is 5.45. The van der Waals surface area contributed by atoms with E-state index in [1.54, 1.807) is 11.3 Å². The van der Waals surface area contributed by atoms with Gasteiger partial charge in [0.1, 0.15) is 11.5 Å². The minimum absolute atomic E-state index is 0.126. The van der Waals surface area contributed by atoms with Gasteiger partial charge in [-0.15, -0.1) is 11.3 Å². The summed E-state index contributed by atoms with van der Waals surface area (Å²) in [6.07, 6.45) is 0.715. The Morgan fingerprint density at radius 1 is 1.28 bits per heavy atom. The highest BCUT2D eigenvalue weighted by molar-refractivity contribution is 7.18. The number of hydrogen-bond donors (Lipinski definition) is 1. The van der Waals surface area contributed by atoms with Gasteiger partial charge in [0.05, 0.1) is 21.3 Å². The SMILES string of the molecule is Cc1ccc(C(N)Cc2nc3ccccc3s2)o1. The Kier molecular flexibility index (Phi) is 2.89. The number of benzene rings is 1. The molecular formula is C14H14N2OS. The fraction of sp³-hybridized carbons (Fsp3) is 0.214. The molecule has 0 aliphatic carbocycles. The van der Waals surface area contributed by atoms with Crippen LogP contribution >= 0.6 is 11.3 Å². The minimum atomic E-state index is -0.126. The first-order valence-corrected chi connectivity index (χ1v) is 6.70. The molecule has 0 aliphatic rings. The molecule has 0 aliphatic heterocycles. The third-order valence-electron chi connectivity index (χ3n) is 2.86. The van der Waals surface area contributed by atoms with Gasteiger partial charge in [-0.2, -0.15) is 0 Å². The Morgan fingerprint density at radius 3 is 2.83 bits per heavy atom. The molecule has 1 aromatic carbocycles. The van der Waals surface area contributed by atoms with Crippen LogP contribution in [-0.4, -0.2) is 4.98 Å². The number of para-hydroxylation sites is 1. The monoisotopic (exact) mass is 258 g/mol. The number of fused-ring (bicyclic) bond motifs is 1. The largest absolute Gasteiger partial charge is 0.465 e. The third kappa shape index (κ3) is 2.17. The predicted octanol–water partition coefficient (Wildman–Crippen LogP) is 3.44. The number of aromatic nitrogens is 1. The van der Waals surface area contributed by atoms with Crippen molar-refractivity contribution in [3.05, 3.63) is 52.9 Å². The first-order valence-electron chi connectivity index (χ1n) is 5.89. The van der Waals surface area contributed by atoms with Crippen LogP contribution in [0.1, 0.15) is 22.6 Å². The average molecular weight is 258 g/mol.